The molecule has 2 aliphatic rings. The van der Waals surface area contributed by atoms with E-state index in [2.05, 4.69) is 0 Å². The summed E-state index contributed by atoms with van der Waals surface area (Å²) in [6.07, 6.45) is 1.66. The van der Waals surface area contributed by atoms with Gasteiger partial charge in [-0.15, -0.1) is 0 Å². The van der Waals surface area contributed by atoms with Gasteiger partial charge in [-0.05, 0) is 42.0 Å². The van der Waals surface area contributed by atoms with Gasteiger partial charge in [0.25, 0.3) is 0 Å². The number of carbonyl (C=O) groups excluding carboxylic acids is 2. The van der Waals surface area contributed by atoms with E-state index >= 15 is 0 Å². The number of phenolic OH excluding ortho intramolecular Hbond substituents is 1. The molecule has 178 valence electrons. The third-order valence-corrected chi connectivity index (χ3v) is 6.10. The van der Waals surface area contributed by atoms with Crippen LogP contribution < -0.4 is 23.7 Å². The first-order chi connectivity index (χ1) is 16.9. The number of methoxy groups -OCH3 is 3. The number of hydrogen-bond acceptors (Lipinski definition) is 8. The Morgan fingerprint density at radius 3 is 2.26 bits per heavy atom. The molecule has 8 heteroatoms. The molecule has 0 radical (unpaired) electrons. The summed E-state index contributed by atoms with van der Waals surface area (Å²) in [6, 6.07) is 13.2. The molecule has 3 aromatic carbocycles. The molecule has 0 amide bonds. The minimum Gasteiger partial charge on any atom is -0.508 e. The standard InChI is InChI=1S/C27H22O8/c1-31-20-13-22(33-3)21(32-2)10-15(20)11-23-26(30)17-8-9-19-25(27(17)35-23)18(12-24(29)34-19)14-4-6-16(28)7-5-14/h4-11,13,18,28H,12H2,1-3H3/b23-11-/t18-/m1/s1. The van der Waals surface area contributed by atoms with E-state index in [1.807, 2.05) is 0 Å². The van der Waals surface area contributed by atoms with Crippen LogP contribution in [0.4, 0.5) is 0 Å². The summed E-state index contributed by atoms with van der Waals surface area (Å²) in [5.74, 6) is 1.25. The summed E-state index contributed by atoms with van der Waals surface area (Å²) in [4.78, 5) is 25.6. The summed E-state index contributed by atoms with van der Waals surface area (Å²) < 4.78 is 27.8. The quantitative estimate of drug-likeness (QED) is 0.328. The first kappa shape index (κ1) is 22.3. The lowest BCUT2D eigenvalue weighted by Gasteiger charge is -2.26. The number of ketones is 1. The first-order valence-electron chi connectivity index (χ1n) is 10.8. The molecule has 0 aliphatic carbocycles. The van der Waals surface area contributed by atoms with E-state index in [9.17, 15) is 14.7 Å². The highest BCUT2D eigenvalue weighted by Gasteiger charge is 2.38. The molecule has 1 N–H and O–H groups in total. The number of benzene rings is 3. The molecule has 5 rings (SSSR count). The number of phenols is 1. The number of Topliss-reactive ketones (excluding diaryl/α,β-unsaturated/α-hetero) is 1. The highest BCUT2D eigenvalue weighted by molar-refractivity contribution is 6.15. The van der Waals surface area contributed by atoms with Crippen molar-refractivity contribution in [3.8, 4) is 34.5 Å². The molecule has 1 atom stereocenters. The zero-order valence-electron chi connectivity index (χ0n) is 19.3. The summed E-state index contributed by atoms with van der Waals surface area (Å²) in [5.41, 5.74) is 2.35. The number of aromatic hydroxyl groups is 1. The minimum atomic E-state index is -0.399. The molecule has 2 aliphatic heterocycles. The van der Waals surface area contributed by atoms with E-state index < -0.39 is 5.92 Å². The Labute approximate surface area is 201 Å². The molecule has 0 saturated heterocycles. The molecule has 0 bridgehead atoms. The largest absolute Gasteiger partial charge is 0.508 e. The average Bonchev–Trinajstić information content (AvgIpc) is 3.18. The number of ether oxygens (including phenoxy) is 5. The number of fused-ring (bicyclic) bond motifs is 3. The van der Waals surface area contributed by atoms with Crippen molar-refractivity contribution in [3.63, 3.8) is 0 Å². The molecule has 0 aromatic heterocycles. The van der Waals surface area contributed by atoms with Crippen LogP contribution >= 0.6 is 0 Å². The maximum atomic E-state index is 13.3. The Hall–Kier alpha value is -4.46. The number of carbonyl (C=O) groups is 2. The van der Waals surface area contributed by atoms with Gasteiger partial charge >= 0.3 is 5.97 Å². The molecule has 0 saturated carbocycles. The summed E-state index contributed by atoms with van der Waals surface area (Å²) in [6.45, 7) is 0. The van der Waals surface area contributed by atoms with Gasteiger partial charge in [0.2, 0.25) is 5.78 Å². The van der Waals surface area contributed by atoms with Crippen LogP contribution in [-0.2, 0) is 4.79 Å². The highest BCUT2D eigenvalue weighted by Crippen LogP contribution is 2.49. The van der Waals surface area contributed by atoms with Crippen LogP contribution in [0.15, 0.2) is 54.3 Å². The van der Waals surface area contributed by atoms with Gasteiger partial charge in [-0.3, -0.25) is 9.59 Å². The van der Waals surface area contributed by atoms with Crippen LogP contribution in [0, 0.1) is 0 Å². The highest BCUT2D eigenvalue weighted by atomic mass is 16.5. The lowest BCUT2D eigenvalue weighted by molar-refractivity contribution is -0.135. The van der Waals surface area contributed by atoms with Gasteiger partial charge in [0.15, 0.2) is 17.3 Å². The van der Waals surface area contributed by atoms with E-state index in [1.54, 1.807) is 54.6 Å². The van der Waals surface area contributed by atoms with Gasteiger partial charge in [0.05, 0.1) is 33.3 Å². The van der Waals surface area contributed by atoms with Crippen LogP contribution in [0.1, 0.15) is 39.4 Å². The van der Waals surface area contributed by atoms with Gasteiger partial charge in [-0.25, -0.2) is 0 Å². The van der Waals surface area contributed by atoms with E-state index in [0.29, 0.717) is 45.4 Å². The van der Waals surface area contributed by atoms with Crippen LogP contribution in [-0.4, -0.2) is 38.2 Å². The van der Waals surface area contributed by atoms with Gasteiger partial charge < -0.3 is 28.8 Å². The lowest BCUT2D eigenvalue weighted by Crippen LogP contribution is -2.21. The van der Waals surface area contributed by atoms with Crippen molar-refractivity contribution < 1.29 is 38.4 Å². The van der Waals surface area contributed by atoms with Gasteiger partial charge in [0.1, 0.15) is 23.0 Å². The van der Waals surface area contributed by atoms with Crippen LogP contribution in [0.3, 0.4) is 0 Å². The lowest BCUT2D eigenvalue weighted by atomic mass is 9.84. The smallest absolute Gasteiger partial charge is 0.312 e. The second-order valence-electron chi connectivity index (χ2n) is 8.07. The fourth-order valence-corrected chi connectivity index (χ4v) is 4.40. The normalized spacial score (nSPS) is 17.3. The number of allylic oxidation sites excluding steroid dienone is 1. The second kappa shape index (κ2) is 8.72. The molecular weight excluding hydrogens is 452 g/mol. The Morgan fingerprint density at radius 1 is 0.886 bits per heavy atom. The van der Waals surface area contributed by atoms with E-state index in [-0.39, 0.29) is 29.7 Å². The zero-order valence-corrected chi connectivity index (χ0v) is 19.3. The van der Waals surface area contributed by atoms with Crippen molar-refractivity contribution in [2.45, 2.75) is 12.3 Å². The van der Waals surface area contributed by atoms with Gasteiger partial charge in [-0.1, -0.05) is 12.1 Å². The molecule has 8 nitrogen and oxygen atoms in total. The average molecular weight is 474 g/mol. The van der Waals surface area contributed by atoms with Crippen molar-refractivity contribution >= 4 is 17.8 Å². The number of hydrogen-bond donors (Lipinski definition) is 1. The summed E-state index contributed by atoms with van der Waals surface area (Å²) in [7, 11) is 4.56. The Morgan fingerprint density at radius 2 is 1.57 bits per heavy atom. The third-order valence-electron chi connectivity index (χ3n) is 6.10. The Balaban J connectivity index is 1.60. The number of rotatable bonds is 5. The van der Waals surface area contributed by atoms with E-state index in [0.717, 1.165) is 5.56 Å². The Bertz CT molecular complexity index is 1370. The molecule has 35 heavy (non-hydrogen) atoms. The maximum absolute atomic E-state index is 13.3. The van der Waals surface area contributed by atoms with Crippen LogP contribution in [0.5, 0.6) is 34.5 Å². The molecular formula is C27H22O8. The van der Waals surface area contributed by atoms with Gasteiger partial charge in [0, 0.05) is 23.1 Å². The molecule has 0 spiro atoms. The van der Waals surface area contributed by atoms with Crippen molar-refractivity contribution in [1.29, 1.82) is 0 Å². The molecule has 2 heterocycles. The van der Waals surface area contributed by atoms with Crippen LogP contribution in [0.2, 0.25) is 0 Å². The minimum absolute atomic E-state index is 0.0777. The first-order valence-corrected chi connectivity index (χ1v) is 10.8. The fourth-order valence-electron chi connectivity index (χ4n) is 4.40. The van der Waals surface area contributed by atoms with Crippen molar-refractivity contribution in [3.05, 3.63) is 76.5 Å². The second-order valence-corrected chi connectivity index (χ2v) is 8.07. The predicted octanol–water partition coefficient (Wildman–Crippen LogP) is 4.48. The van der Waals surface area contributed by atoms with Crippen molar-refractivity contribution in [2.24, 2.45) is 0 Å². The van der Waals surface area contributed by atoms with Crippen LogP contribution in [0.25, 0.3) is 6.08 Å². The molecule has 0 fully saturated rings. The monoisotopic (exact) mass is 474 g/mol. The van der Waals surface area contributed by atoms with Gasteiger partial charge in [-0.2, -0.15) is 0 Å². The summed E-state index contributed by atoms with van der Waals surface area (Å²) in [5, 5.41) is 9.68. The molecule has 0 unspecified atom stereocenters. The predicted molar refractivity (Wildman–Crippen MR) is 126 cm³/mol. The molecule has 3 aromatic rings. The van der Waals surface area contributed by atoms with E-state index in [1.165, 1.54) is 21.3 Å². The summed E-state index contributed by atoms with van der Waals surface area (Å²) >= 11 is 0. The topological polar surface area (TPSA) is 101 Å². The number of esters is 1. The fraction of sp³-hybridized carbons (Fsp3) is 0.185. The van der Waals surface area contributed by atoms with E-state index in [4.69, 9.17) is 23.7 Å². The van der Waals surface area contributed by atoms with Crippen molar-refractivity contribution in [2.75, 3.05) is 21.3 Å². The SMILES string of the molecule is COc1cc(OC)c(OC)cc1/C=C1\Oc2c(ccc3c2[C@@H](c2ccc(O)cc2)CC(=O)O3)C1=O. The third kappa shape index (κ3) is 3.82. The van der Waals surface area contributed by atoms with Crippen molar-refractivity contribution in [1.82, 2.24) is 0 Å². The zero-order chi connectivity index (χ0) is 24.7. The maximum Gasteiger partial charge on any atom is 0.312 e. The Kier molecular flexibility index (Phi) is 5.56.